The second-order valence-electron chi connectivity index (χ2n) is 12.8. The monoisotopic (exact) mass is 677 g/mol. The van der Waals surface area contributed by atoms with Crippen LogP contribution in [0.3, 0.4) is 0 Å². The van der Waals surface area contributed by atoms with Gasteiger partial charge in [0.1, 0.15) is 23.6 Å². The quantitative estimate of drug-likeness (QED) is 0.151. The summed E-state index contributed by atoms with van der Waals surface area (Å²) in [5.41, 5.74) is 0.784. The number of halogens is 1. The summed E-state index contributed by atoms with van der Waals surface area (Å²) in [5.74, 6) is -3.21. The van der Waals surface area contributed by atoms with Crippen LogP contribution in [0.4, 0.5) is 4.39 Å². The maximum Gasteiger partial charge on any atom is 0.286 e. The Labute approximate surface area is 284 Å². The van der Waals surface area contributed by atoms with Crippen molar-refractivity contribution in [2.45, 2.75) is 84.3 Å². The largest absolute Gasteiger partial charge is 0.414 e. The minimum absolute atomic E-state index is 0.0385. The molecule has 49 heavy (non-hydrogen) atoms. The average molecular weight is 678 g/mol. The minimum Gasteiger partial charge on any atom is -0.414 e. The third-order valence-electron chi connectivity index (χ3n) is 8.33. The summed E-state index contributed by atoms with van der Waals surface area (Å²) < 4.78 is 18.9. The molecule has 0 radical (unpaired) electrons. The van der Waals surface area contributed by atoms with Gasteiger partial charge in [-0.15, -0.1) is 10.2 Å². The lowest BCUT2D eigenvalue weighted by Crippen LogP contribution is -2.57. The van der Waals surface area contributed by atoms with Crippen LogP contribution in [0.1, 0.15) is 87.4 Å². The Bertz CT molecular complexity index is 1600. The number of rotatable bonds is 16. The van der Waals surface area contributed by atoms with E-state index >= 15 is 0 Å². The highest BCUT2D eigenvalue weighted by molar-refractivity contribution is 6.00. The van der Waals surface area contributed by atoms with E-state index in [0.717, 1.165) is 0 Å². The molecule has 4 amide bonds. The average Bonchev–Trinajstić information content (AvgIpc) is 3.78. The number of carbonyl (C=O) groups is 5. The van der Waals surface area contributed by atoms with Crippen LogP contribution in [-0.4, -0.2) is 80.7 Å². The standard InChI is InChI=1S/C35H44FN7O6/c1-21(2)28(30(45)34-42-41-33(49-34)23-14-16-24(36)17-15-23)40-32(47)26-12-10-20-43(26)35(48)29(22(3)4)39-27(44)13-6-5-8-19-38-31(46)25-11-7-9-18-37-25/h7,9,11,14-18,21-22,26,28-29H,5-6,8,10,12-13,19-20H2,1-4H3,(H,38,46)(H,39,44)(H,40,47). The Morgan fingerprint density at radius 1 is 0.918 bits per heavy atom. The molecule has 0 bridgehead atoms. The number of ketones is 1. The van der Waals surface area contributed by atoms with Gasteiger partial charge in [0.2, 0.25) is 29.4 Å². The maximum atomic E-state index is 13.7. The zero-order valence-electron chi connectivity index (χ0n) is 28.3. The molecule has 4 rings (SSSR count). The third kappa shape index (κ3) is 10.00. The van der Waals surface area contributed by atoms with Crippen molar-refractivity contribution in [3.8, 4) is 11.5 Å². The molecule has 1 saturated heterocycles. The zero-order valence-corrected chi connectivity index (χ0v) is 28.3. The van der Waals surface area contributed by atoms with E-state index in [1.165, 1.54) is 29.2 Å². The lowest BCUT2D eigenvalue weighted by molar-refractivity contribution is -0.142. The highest BCUT2D eigenvalue weighted by Crippen LogP contribution is 2.23. The molecule has 0 spiro atoms. The molecule has 2 aromatic heterocycles. The fraction of sp³-hybridized carbons (Fsp3) is 0.486. The van der Waals surface area contributed by atoms with Crippen molar-refractivity contribution in [1.82, 2.24) is 36.0 Å². The predicted molar refractivity (Wildman–Crippen MR) is 177 cm³/mol. The Kier molecular flexibility index (Phi) is 13.1. The van der Waals surface area contributed by atoms with Crippen LogP contribution in [0.5, 0.6) is 0 Å². The lowest BCUT2D eigenvalue weighted by atomic mass is 9.98. The van der Waals surface area contributed by atoms with E-state index in [0.29, 0.717) is 56.5 Å². The van der Waals surface area contributed by atoms with Gasteiger partial charge in [0, 0.05) is 31.3 Å². The summed E-state index contributed by atoms with van der Waals surface area (Å²) in [5, 5.41) is 16.2. The number of hydrogen-bond acceptors (Lipinski definition) is 9. The molecular formula is C35H44FN7O6. The minimum atomic E-state index is -1.00. The first-order valence-corrected chi connectivity index (χ1v) is 16.7. The number of amides is 4. The van der Waals surface area contributed by atoms with Crippen LogP contribution < -0.4 is 16.0 Å². The SMILES string of the molecule is CC(C)C(NC(=O)C1CCCN1C(=O)C(NC(=O)CCCCCNC(=O)c1ccccn1)C(C)C)C(=O)c1nnc(-c2ccc(F)cc2)o1. The van der Waals surface area contributed by atoms with Crippen LogP contribution in [-0.2, 0) is 14.4 Å². The number of pyridine rings is 1. The highest BCUT2D eigenvalue weighted by atomic mass is 19.1. The first kappa shape index (κ1) is 36.8. The van der Waals surface area contributed by atoms with Crippen LogP contribution in [0.15, 0.2) is 53.1 Å². The van der Waals surface area contributed by atoms with Crippen molar-refractivity contribution >= 4 is 29.4 Å². The maximum absolute atomic E-state index is 13.7. The Hall–Kier alpha value is -5.01. The van der Waals surface area contributed by atoms with Crippen molar-refractivity contribution < 1.29 is 32.8 Å². The molecule has 0 saturated carbocycles. The first-order chi connectivity index (χ1) is 23.5. The fourth-order valence-corrected chi connectivity index (χ4v) is 5.57. The van der Waals surface area contributed by atoms with Gasteiger partial charge in [0.25, 0.3) is 11.8 Å². The second kappa shape index (κ2) is 17.4. The van der Waals surface area contributed by atoms with Crippen LogP contribution >= 0.6 is 0 Å². The third-order valence-corrected chi connectivity index (χ3v) is 8.33. The van der Waals surface area contributed by atoms with Gasteiger partial charge in [0.15, 0.2) is 0 Å². The number of carbonyl (C=O) groups excluding carboxylic acids is 5. The molecule has 3 N–H and O–H groups in total. The molecule has 0 aliphatic carbocycles. The molecule has 13 nitrogen and oxygen atoms in total. The molecular weight excluding hydrogens is 633 g/mol. The van der Waals surface area contributed by atoms with E-state index in [1.807, 2.05) is 13.8 Å². The molecule has 3 heterocycles. The smallest absolute Gasteiger partial charge is 0.286 e. The van der Waals surface area contributed by atoms with Gasteiger partial charge in [-0.2, -0.15) is 0 Å². The lowest BCUT2D eigenvalue weighted by Gasteiger charge is -2.31. The van der Waals surface area contributed by atoms with Gasteiger partial charge in [-0.1, -0.05) is 40.2 Å². The topological polar surface area (TPSA) is 176 Å². The van der Waals surface area contributed by atoms with E-state index in [2.05, 4.69) is 31.1 Å². The van der Waals surface area contributed by atoms with Crippen molar-refractivity contribution in [1.29, 1.82) is 0 Å². The van der Waals surface area contributed by atoms with E-state index in [4.69, 9.17) is 4.42 Å². The first-order valence-electron chi connectivity index (χ1n) is 16.7. The summed E-state index contributed by atoms with van der Waals surface area (Å²) in [6, 6.07) is 7.84. The number of hydrogen-bond donors (Lipinski definition) is 3. The fourth-order valence-electron chi connectivity index (χ4n) is 5.57. The van der Waals surface area contributed by atoms with Crippen molar-refractivity contribution in [2.75, 3.05) is 13.1 Å². The molecule has 3 atom stereocenters. The van der Waals surface area contributed by atoms with E-state index in [9.17, 15) is 28.4 Å². The van der Waals surface area contributed by atoms with Crippen molar-refractivity contribution in [3.63, 3.8) is 0 Å². The molecule has 1 fully saturated rings. The number of nitrogens with one attached hydrogen (secondary N) is 3. The van der Waals surface area contributed by atoms with Gasteiger partial charge in [-0.3, -0.25) is 29.0 Å². The van der Waals surface area contributed by atoms with Gasteiger partial charge >= 0.3 is 0 Å². The summed E-state index contributed by atoms with van der Waals surface area (Å²) >= 11 is 0. The molecule has 14 heteroatoms. The number of benzene rings is 1. The molecule has 1 aliphatic rings. The van der Waals surface area contributed by atoms with Gasteiger partial charge in [0.05, 0.1) is 6.04 Å². The van der Waals surface area contributed by atoms with Crippen molar-refractivity contribution in [3.05, 3.63) is 66.1 Å². The molecule has 1 aliphatic heterocycles. The highest BCUT2D eigenvalue weighted by Gasteiger charge is 2.40. The van der Waals surface area contributed by atoms with Gasteiger partial charge in [-0.25, -0.2) is 4.39 Å². The van der Waals surface area contributed by atoms with Gasteiger partial charge in [-0.05, 0) is 73.9 Å². The number of nitrogens with zero attached hydrogens (tertiary/aromatic N) is 4. The van der Waals surface area contributed by atoms with E-state index in [-0.39, 0.29) is 47.8 Å². The summed E-state index contributed by atoms with van der Waals surface area (Å²) in [7, 11) is 0. The second-order valence-corrected chi connectivity index (χ2v) is 12.8. The summed E-state index contributed by atoms with van der Waals surface area (Å²) in [4.78, 5) is 71.1. The number of aromatic nitrogens is 3. The zero-order chi connectivity index (χ0) is 35.5. The molecule has 3 aromatic rings. The van der Waals surface area contributed by atoms with Gasteiger partial charge < -0.3 is 25.3 Å². The predicted octanol–water partition coefficient (Wildman–Crippen LogP) is 3.72. The van der Waals surface area contributed by atoms with Crippen LogP contribution in [0.25, 0.3) is 11.5 Å². The molecule has 1 aromatic carbocycles. The molecule has 262 valence electrons. The van der Waals surface area contributed by atoms with E-state index in [1.54, 1.807) is 38.2 Å². The normalized spacial score (nSPS) is 15.6. The van der Waals surface area contributed by atoms with Crippen molar-refractivity contribution in [2.24, 2.45) is 11.8 Å². The van der Waals surface area contributed by atoms with Crippen LogP contribution in [0, 0.1) is 17.7 Å². The Balaban J connectivity index is 1.29. The number of Topliss-reactive ketones (excluding diaryl/α,β-unsaturated/α-hetero) is 1. The van der Waals surface area contributed by atoms with E-state index < -0.39 is 35.6 Å². The Morgan fingerprint density at radius 2 is 1.65 bits per heavy atom. The van der Waals surface area contributed by atoms with Crippen LogP contribution in [0.2, 0.25) is 0 Å². The number of likely N-dealkylation sites (tertiary alicyclic amines) is 1. The summed E-state index contributed by atoms with van der Waals surface area (Å²) in [6.45, 7) is 7.98. The molecule has 3 unspecified atom stereocenters. The summed E-state index contributed by atoms with van der Waals surface area (Å²) in [6.07, 6.45) is 4.73. The number of unbranched alkanes of at least 4 members (excludes halogenated alkanes) is 2. The Morgan fingerprint density at radius 3 is 2.33 bits per heavy atom.